The summed E-state index contributed by atoms with van der Waals surface area (Å²) in [5.74, 6) is -0.0180. The third-order valence-corrected chi connectivity index (χ3v) is 2.61. The Bertz CT molecular complexity index is 576. The molecule has 0 amide bonds. The van der Waals surface area contributed by atoms with Crippen LogP contribution in [0.15, 0.2) is 53.5 Å². The molecule has 0 saturated carbocycles. The van der Waals surface area contributed by atoms with Crippen LogP contribution in [0.2, 0.25) is 0 Å². The monoisotopic (exact) mass is 267 g/mol. The molecule has 0 unspecified atom stereocenters. The van der Waals surface area contributed by atoms with E-state index in [1.54, 1.807) is 12.1 Å². The molecule has 0 atom stereocenters. The molecule has 3 nitrogen and oxygen atoms in total. The average Bonchev–Trinajstić information content (AvgIpc) is 2.40. The molecule has 0 fully saturated rings. The second kappa shape index (κ2) is 7.40. The van der Waals surface area contributed by atoms with Gasteiger partial charge < -0.3 is 12.9 Å². The molecule has 0 aliphatic heterocycles. The normalized spacial score (nSPS) is 10.9. The molecular formula is C14H15FN3Na. The SMILES string of the molecule is NCc1c(F)cccc1N=C(N)c1ccccc1.[H-].[Na+]. The van der Waals surface area contributed by atoms with Crippen molar-refractivity contribution in [1.29, 1.82) is 0 Å². The number of hydrogen-bond donors (Lipinski definition) is 2. The molecule has 19 heavy (non-hydrogen) atoms. The van der Waals surface area contributed by atoms with Gasteiger partial charge in [-0.15, -0.1) is 0 Å². The van der Waals surface area contributed by atoms with Crippen LogP contribution in [0.25, 0.3) is 0 Å². The van der Waals surface area contributed by atoms with E-state index < -0.39 is 0 Å². The van der Waals surface area contributed by atoms with Gasteiger partial charge in [0.05, 0.1) is 5.69 Å². The summed E-state index contributed by atoms with van der Waals surface area (Å²) in [6, 6.07) is 14.0. The second-order valence-corrected chi connectivity index (χ2v) is 3.80. The quantitative estimate of drug-likeness (QED) is 0.445. The minimum absolute atomic E-state index is 0. The predicted molar refractivity (Wildman–Crippen MR) is 72.2 cm³/mol. The molecule has 0 saturated heterocycles. The van der Waals surface area contributed by atoms with Gasteiger partial charge in [-0.3, -0.25) is 0 Å². The van der Waals surface area contributed by atoms with E-state index in [1.807, 2.05) is 30.3 Å². The predicted octanol–water partition coefficient (Wildman–Crippen LogP) is -0.562. The summed E-state index contributed by atoms with van der Waals surface area (Å²) < 4.78 is 13.5. The first-order valence-electron chi connectivity index (χ1n) is 5.59. The average molecular weight is 267 g/mol. The van der Waals surface area contributed by atoms with Crippen molar-refractivity contribution in [2.24, 2.45) is 16.5 Å². The number of nitrogens with zero attached hydrogens (tertiary/aromatic N) is 1. The van der Waals surface area contributed by atoms with Crippen molar-refractivity contribution >= 4 is 11.5 Å². The molecule has 2 rings (SSSR count). The van der Waals surface area contributed by atoms with Gasteiger partial charge >= 0.3 is 29.6 Å². The molecule has 2 aromatic rings. The van der Waals surface area contributed by atoms with E-state index in [0.29, 0.717) is 17.1 Å². The summed E-state index contributed by atoms with van der Waals surface area (Å²) in [5, 5.41) is 0. The van der Waals surface area contributed by atoms with Crippen LogP contribution in [0.1, 0.15) is 12.6 Å². The molecule has 2 aromatic carbocycles. The largest absolute Gasteiger partial charge is 1.00 e. The van der Waals surface area contributed by atoms with Crippen molar-refractivity contribution in [3.05, 3.63) is 65.5 Å². The summed E-state index contributed by atoms with van der Waals surface area (Å²) >= 11 is 0. The number of halogens is 1. The first-order valence-corrected chi connectivity index (χ1v) is 5.59. The minimum Gasteiger partial charge on any atom is -1.00 e. The maximum atomic E-state index is 13.5. The molecule has 0 aliphatic rings. The Labute approximate surface area is 135 Å². The number of amidine groups is 1. The van der Waals surface area contributed by atoms with Gasteiger partial charge in [0.25, 0.3) is 0 Å². The van der Waals surface area contributed by atoms with Crippen molar-refractivity contribution < 1.29 is 35.4 Å². The molecule has 0 aliphatic carbocycles. The Morgan fingerprint density at radius 2 is 1.79 bits per heavy atom. The van der Waals surface area contributed by atoms with E-state index in [9.17, 15) is 4.39 Å². The molecule has 0 spiro atoms. The van der Waals surface area contributed by atoms with E-state index in [2.05, 4.69) is 4.99 Å². The Hall–Kier alpha value is -1.20. The standard InChI is InChI=1S/C14H14FN3.Na.H/c15-12-7-4-8-13(11(12)9-16)18-14(17)10-5-2-1-3-6-10;;/h1-8H,9,16H2,(H2,17,18);;/q;+1;-1. The summed E-state index contributed by atoms with van der Waals surface area (Å²) in [7, 11) is 0. The van der Waals surface area contributed by atoms with Crippen molar-refractivity contribution in [3.8, 4) is 0 Å². The van der Waals surface area contributed by atoms with Crippen LogP contribution >= 0.6 is 0 Å². The van der Waals surface area contributed by atoms with Gasteiger partial charge in [0.2, 0.25) is 0 Å². The van der Waals surface area contributed by atoms with Crippen molar-refractivity contribution in [1.82, 2.24) is 0 Å². The maximum absolute atomic E-state index is 13.5. The van der Waals surface area contributed by atoms with E-state index in [-0.39, 0.29) is 43.3 Å². The van der Waals surface area contributed by atoms with Gasteiger partial charge in [0, 0.05) is 17.7 Å². The summed E-state index contributed by atoms with van der Waals surface area (Å²) in [6.45, 7) is 0.0908. The maximum Gasteiger partial charge on any atom is 1.00 e. The van der Waals surface area contributed by atoms with E-state index in [4.69, 9.17) is 11.5 Å². The summed E-state index contributed by atoms with van der Waals surface area (Å²) in [6.07, 6.45) is 0. The van der Waals surface area contributed by atoms with Gasteiger partial charge in [-0.2, -0.15) is 0 Å². The molecule has 4 N–H and O–H groups in total. The summed E-state index contributed by atoms with van der Waals surface area (Å²) in [4.78, 5) is 4.24. The Kier molecular flexibility index (Phi) is 6.18. The van der Waals surface area contributed by atoms with Crippen LogP contribution < -0.4 is 41.0 Å². The third-order valence-electron chi connectivity index (χ3n) is 2.61. The van der Waals surface area contributed by atoms with Gasteiger partial charge in [0.15, 0.2) is 0 Å². The van der Waals surface area contributed by atoms with E-state index in [1.165, 1.54) is 6.07 Å². The molecule has 94 valence electrons. The van der Waals surface area contributed by atoms with Gasteiger partial charge in [-0.05, 0) is 12.1 Å². The smallest absolute Gasteiger partial charge is 1.00 e. The molecule has 0 aromatic heterocycles. The Balaban J connectivity index is 0.00000180. The number of rotatable bonds is 3. The van der Waals surface area contributed by atoms with Crippen LogP contribution in [0, 0.1) is 5.82 Å². The van der Waals surface area contributed by atoms with Crippen molar-refractivity contribution in [2.75, 3.05) is 0 Å². The van der Waals surface area contributed by atoms with Gasteiger partial charge in [-0.1, -0.05) is 36.4 Å². The number of benzene rings is 2. The molecular weight excluding hydrogens is 252 g/mol. The van der Waals surface area contributed by atoms with Gasteiger partial charge in [-0.25, -0.2) is 9.38 Å². The molecule has 0 heterocycles. The topological polar surface area (TPSA) is 64.4 Å². The van der Waals surface area contributed by atoms with Crippen molar-refractivity contribution in [2.45, 2.75) is 6.54 Å². The van der Waals surface area contributed by atoms with Crippen LogP contribution in [-0.2, 0) is 6.54 Å². The van der Waals surface area contributed by atoms with Crippen LogP contribution in [0.3, 0.4) is 0 Å². The second-order valence-electron chi connectivity index (χ2n) is 3.80. The van der Waals surface area contributed by atoms with Crippen LogP contribution in [0.4, 0.5) is 10.1 Å². The number of aliphatic imine (C=N–C) groups is 1. The van der Waals surface area contributed by atoms with Crippen LogP contribution in [-0.4, -0.2) is 5.84 Å². The minimum atomic E-state index is -0.361. The fourth-order valence-corrected chi connectivity index (χ4v) is 1.66. The fraction of sp³-hybridized carbons (Fsp3) is 0.0714. The van der Waals surface area contributed by atoms with Crippen LogP contribution in [0.5, 0.6) is 0 Å². The third kappa shape index (κ3) is 3.88. The van der Waals surface area contributed by atoms with E-state index in [0.717, 1.165) is 5.56 Å². The molecule has 0 radical (unpaired) electrons. The number of nitrogens with two attached hydrogens (primary N) is 2. The molecule has 5 heteroatoms. The first kappa shape index (κ1) is 15.9. The Morgan fingerprint density at radius 1 is 1.11 bits per heavy atom. The zero-order valence-corrected chi connectivity index (χ0v) is 12.8. The number of hydrogen-bond acceptors (Lipinski definition) is 2. The summed E-state index contributed by atoms with van der Waals surface area (Å²) in [5.41, 5.74) is 13.0. The zero-order valence-electron chi connectivity index (χ0n) is 11.8. The zero-order chi connectivity index (χ0) is 13.0. The Morgan fingerprint density at radius 3 is 2.42 bits per heavy atom. The first-order chi connectivity index (χ1) is 8.72. The van der Waals surface area contributed by atoms with E-state index >= 15 is 0 Å². The fourth-order valence-electron chi connectivity index (χ4n) is 1.66. The van der Waals surface area contributed by atoms with Crippen molar-refractivity contribution in [3.63, 3.8) is 0 Å². The molecule has 0 bridgehead atoms. The van der Waals surface area contributed by atoms with Gasteiger partial charge in [0.1, 0.15) is 11.7 Å².